The fraction of sp³-hybridized carbons (Fsp3) is 0.333. The van der Waals surface area contributed by atoms with Crippen LogP contribution in [-0.2, 0) is 0 Å². The molecule has 1 aliphatic rings. The molecule has 1 saturated heterocycles. The molecule has 0 spiro atoms. The van der Waals surface area contributed by atoms with Crippen LogP contribution >= 0.6 is 39.9 Å². The summed E-state index contributed by atoms with van der Waals surface area (Å²) < 4.78 is 0.957. The molecule has 1 aliphatic heterocycles. The van der Waals surface area contributed by atoms with E-state index in [0.29, 0.717) is 24.7 Å². The zero-order chi connectivity index (χ0) is 19.8. The topological polar surface area (TPSA) is 68.8 Å². The summed E-state index contributed by atoms with van der Waals surface area (Å²) in [5, 5.41) is 9.65. The highest BCUT2D eigenvalue weighted by atomic mass is 127. The van der Waals surface area contributed by atoms with Crippen LogP contribution in [0.1, 0.15) is 16.8 Å². The van der Waals surface area contributed by atoms with E-state index in [0.717, 1.165) is 29.9 Å². The lowest BCUT2D eigenvalue weighted by Gasteiger charge is -2.20. The molecule has 8 heteroatoms. The van der Waals surface area contributed by atoms with E-state index in [9.17, 15) is 4.79 Å². The monoisotopic (exact) mass is 571 g/mol. The van der Waals surface area contributed by atoms with Gasteiger partial charge in [0.15, 0.2) is 5.96 Å². The second-order valence-corrected chi connectivity index (χ2v) is 7.59. The first-order valence-electron chi connectivity index (χ1n) is 9.46. The first-order chi connectivity index (χ1) is 13.7. The Bertz CT molecular complexity index is 800. The summed E-state index contributed by atoms with van der Waals surface area (Å²) in [6.07, 6.45) is 1.07. The molecular formula is C21H27BrIN5O. The molecule has 0 saturated carbocycles. The van der Waals surface area contributed by atoms with Crippen molar-refractivity contribution in [2.24, 2.45) is 4.99 Å². The van der Waals surface area contributed by atoms with Gasteiger partial charge >= 0.3 is 0 Å². The van der Waals surface area contributed by atoms with Crippen molar-refractivity contribution in [3.63, 3.8) is 0 Å². The molecule has 1 heterocycles. The number of halogens is 2. The summed E-state index contributed by atoms with van der Waals surface area (Å²) in [6, 6.07) is 18.1. The number of nitrogens with one attached hydrogen (secondary N) is 3. The van der Waals surface area contributed by atoms with E-state index in [1.807, 2.05) is 18.2 Å². The number of benzene rings is 2. The highest BCUT2D eigenvalue weighted by molar-refractivity contribution is 14.0. The van der Waals surface area contributed by atoms with Crippen LogP contribution in [0.15, 0.2) is 64.1 Å². The van der Waals surface area contributed by atoms with E-state index in [4.69, 9.17) is 0 Å². The lowest BCUT2D eigenvalue weighted by molar-refractivity contribution is 0.0954. The summed E-state index contributed by atoms with van der Waals surface area (Å²) in [6.45, 7) is 3.11. The van der Waals surface area contributed by atoms with E-state index in [-0.39, 0.29) is 29.9 Å². The van der Waals surface area contributed by atoms with Crippen LogP contribution in [0.4, 0.5) is 5.69 Å². The summed E-state index contributed by atoms with van der Waals surface area (Å²) in [5.74, 6) is 0.685. The Hall–Kier alpha value is -1.81. The van der Waals surface area contributed by atoms with E-state index in [1.165, 1.54) is 5.69 Å². The Morgan fingerprint density at radius 1 is 1.10 bits per heavy atom. The maximum Gasteiger partial charge on any atom is 0.251 e. The van der Waals surface area contributed by atoms with Gasteiger partial charge in [0.25, 0.3) is 5.91 Å². The Labute approximate surface area is 197 Å². The van der Waals surface area contributed by atoms with Gasteiger partial charge in [-0.05, 0) is 42.8 Å². The number of guanidine groups is 1. The largest absolute Gasteiger partial charge is 0.369 e. The second kappa shape index (κ2) is 12.0. The number of hydrogen-bond acceptors (Lipinski definition) is 3. The third-order valence-electron chi connectivity index (χ3n) is 4.68. The van der Waals surface area contributed by atoms with Crippen LogP contribution in [0.2, 0.25) is 0 Å². The van der Waals surface area contributed by atoms with Crippen LogP contribution < -0.4 is 20.9 Å². The summed E-state index contributed by atoms with van der Waals surface area (Å²) in [5.41, 5.74) is 1.91. The molecule has 0 radical (unpaired) electrons. The van der Waals surface area contributed by atoms with Gasteiger partial charge in [0, 0.05) is 55.0 Å². The Balaban J connectivity index is 0.00000300. The van der Waals surface area contributed by atoms with Crippen LogP contribution in [0.25, 0.3) is 0 Å². The molecule has 3 N–H and O–H groups in total. The molecule has 2 aromatic rings. The fourth-order valence-electron chi connectivity index (χ4n) is 3.20. The maximum absolute atomic E-state index is 12.1. The number of carbonyl (C=O) groups is 1. The van der Waals surface area contributed by atoms with E-state index in [1.54, 1.807) is 19.2 Å². The van der Waals surface area contributed by atoms with Gasteiger partial charge in [0.05, 0.1) is 0 Å². The van der Waals surface area contributed by atoms with Crippen molar-refractivity contribution in [3.05, 3.63) is 64.6 Å². The highest BCUT2D eigenvalue weighted by Crippen LogP contribution is 2.19. The van der Waals surface area contributed by atoms with E-state index >= 15 is 0 Å². The quantitative estimate of drug-likeness (QED) is 0.215. The summed E-state index contributed by atoms with van der Waals surface area (Å²) >= 11 is 3.37. The zero-order valence-corrected chi connectivity index (χ0v) is 20.3. The van der Waals surface area contributed by atoms with Crippen molar-refractivity contribution in [1.82, 2.24) is 16.0 Å². The third kappa shape index (κ3) is 7.18. The second-order valence-electron chi connectivity index (χ2n) is 6.67. The van der Waals surface area contributed by atoms with Gasteiger partial charge in [-0.3, -0.25) is 9.79 Å². The van der Waals surface area contributed by atoms with Gasteiger partial charge in [-0.15, -0.1) is 24.0 Å². The lowest BCUT2D eigenvalue weighted by atomic mass is 10.2. The van der Waals surface area contributed by atoms with Crippen molar-refractivity contribution in [1.29, 1.82) is 0 Å². The summed E-state index contributed by atoms with van der Waals surface area (Å²) in [7, 11) is 1.76. The van der Waals surface area contributed by atoms with Crippen molar-refractivity contribution in [2.45, 2.75) is 12.5 Å². The van der Waals surface area contributed by atoms with Crippen LogP contribution in [-0.4, -0.2) is 51.1 Å². The van der Waals surface area contributed by atoms with Gasteiger partial charge in [-0.2, -0.15) is 0 Å². The predicted octanol–water partition coefficient (Wildman–Crippen LogP) is 3.24. The van der Waals surface area contributed by atoms with Gasteiger partial charge in [-0.25, -0.2) is 0 Å². The Morgan fingerprint density at radius 2 is 1.79 bits per heavy atom. The summed E-state index contributed by atoms with van der Waals surface area (Å²) in [4.78, 5) is 18.8. The van der Waals surface area contributed by atoms with Crippen molar-refractivity contribution < 1.29 is 4.79 Å². The average molecular weight is 572 g/mol. The third-order valence-corrected chi connectivity index (χ3v) is 5.21. The normalized spacial score (nSPS) is 16.1. The molecule has 1 unspecified atom stereocenters. The minimum absolute atomic E-state index is 0. The van der Waals surface area contributed by atoms with Crippen LogP contribution in [0, 0.1) is 0 Å². The number of anilines is 1. The van der Waals surface area contributed by atoms with Crippen LogP contribution in [0.5, 0.6) is 0 Å². The van der Waals surface area contributed by atoms with Gasteiger partial charge in [0.1, 0.15) is 0 Å². The molecule has 1 fully saturated rings. The molecule has 0 aliphatic carbocycles. The zero-order valence-electron chi connectivity index (χ0n) is 16.4. The molecule has 1 amide bonds. The number of amides is 1. The lowest BCUT2D eigenvalue weighted by Crippen LogP contribution is -2.46. The molecule has 0 aromatic heterocycles. The fourth-order valence-corrected chi connectivity index (χ4v) is 3.46. The van der Waals surface area contributed by atoms with Gasteiger partial charge in [-0.1, -0.05) is 34.1 Å². The molecule has 1 atom stereocenters. The minimum Gasteiger partial charge on any atom is -0.369 e. The van der Waals surface area contributed by atoms with E-state index in [2.05, 4.69) is 66.0 Å². The molecule has 156 valence electrons. The van der Waals surface area contributed by atoms with Crippen LogP contribution in [0.3, 0.4) is 0 Å². The standard InChI is InChI=1S/C21H26BrN5O.HI/c1-23-21(25-13-12-24-20(28)16-7-9-17(22)10-8-16)26-18-11-14-27(15-18)19-5-3-2-4-6-19;/h2-10,18H,11-15H2,1H3,(H,24,28)(H2,23,25,26);1H. The SMILES string of the molecule is CN=C(NCCNC(=O)c1ccc(Br)cc1)NC1CCN(c2ccccc2)C1.I. The molecule has 29 heavy (non-hydrogen) atoms. The Kier molecular flexibility index (Phi) is 9.72. The molecule has 6 nitrogen and oxygen atoms in total. The molecule has 0 bridgehead atoms. The predicted molar refractivity (Wildman–Crippen MR) is 133 cm³/mol. The first kappa shape index (κ1) is 23.5. The van der Waals surface area contributed by atoms with E-state index < -0.39 is 0 Å². The number of nitrogens with zero attached hydrogens (tertiary/aromatic N) is 2. The van der Waals surface area contributed by atoms with Crippen molar-refractivity contribution in [3.8, 4) is 0 Å². The van der Waals surface area contributed by atoms with Crippen molar-refractivity contribution in [2.75, 3.05) is 38.1 Å². The first-order valence-corrected chi connectivity index (χ1v) is 10.3. The number of aliphatic imine (C=N–C) groups is 1. The smallest absolute Gasteiger partial charge is 0.251 e. The number of hydrogen-bond donors (Lipinski definition) is 3. The average Bonchev–Trinajstić information content (AvgIpc) is 3.20. The molecule has 2 aromatic carbocycles. The number of carbonyl (C=O) groups excluding carboxylic acids is 1. The Morgan fingerprint density at radius 3 is 2.48 bits per heavy atom. The number of rotatable bonds is 6. The van der Waals surface area contributed by atoms with Crippen molar-refractivity contribution >= 4 is 57.5 Å². The molecule has 3 rings (SSSR count). The van der Waals surface area contributed by atoms with Gasteiger partial charge in [0.2, 0.25) is 0 Å². The molecular weight excluding hydrogens is 545 g/mol. The van der Waals surface area contributed by atoms with Gasteiger partial charge < -0.3 is 20.9 Å². The highest BCUT2D eigenvalue weighted by Gasteiger charge is 2.23. The minimum atomic E-state index is -0.0773. The maximum atomic E-state index is 12.1. The number of para-hydroxylation sites is 1.